The Morgan fingerprint density at radius 3 is 2.41 bits per heavy atom. The lowest BCUT2D eigenvalue weighted by atomic mass is 10.1. The molecule has 4 rings (SSSR count). The van der Waals surface area contributed by atoms with Crippen molar-refractivity contribution in [3.05, 3.63) is 46.2 Å². The van der Waals surface area contributed by atoms with Gasteiger partial charge in [0.2, 0.25) is 10.0 Å². The summed E-state index contributed by atoms with van der Waals surface area (Å²) in [6.45, 7) is 6.25. The molecule has 10 heteroatoms. The molecule has 2 saturated heterocycles. The second-order valence-electron chi connectivity index (χ2n) is 8.27. The highest BCUT2D eigenvalue weighted by Gasteiger charge is 2.28. The van der Waals surface area contributed by atoms with Gasteiger partial charge in [0.15, 0.2) is 0 Å². The van der Waals surface area contributed by atoms with Crippen molar-refractivity contribution in [3.8, 4) is 0 Å². The highest BCUT2D eigenvalue weighted by molar-refractivity contribution is 7.89. The predicted octanol–water partition coefficient (Wildman–Crippen LogP) is 1.79. The largest absolute Gasteiger partial charge is 0.378 e. The summed E-state index contributed by atoms with van der Waals surface area (Å²) >= 11 is 1.69. The summed E-state index contributed by atoms with van der Waals surface area (Å²) in [5.41, 5.74) is 2.52. The maximum atomic E-state index is 13.6. The van der Waals surface area contributed by atoms with Gasteiger partial charge in [-0.3, -0.25) is 9.69 Å². The molecule has 174 valence electrons. The van der Waals surface area contributed by atoms with Crippen molar-refractivity contribution in [2.45, 2.75) is 11.4 Å². The zero-order valence-electron chi connectivity index (χ0n) is 18.6. The van der Waals surface area contributed by atoms with Crippen molar-refractivity contribution in [1.29, 1.82) is 0 Å². The Bertz CT molecular complexity index is 1030. The second-order valence-corrected chi connectivity index (χ2v) is 11.2. The minimum absolute atomic E-state index is 0.113. The number of morpholine rings is 1. The smallest absolute Gasteiger partial charge is 0.256 e. The molecule has 2 aliphatic heterocycles. The molecule has 0 N–H and O–H groups in total. The van der Waals surface area contributed by atoms with Gasteiger partial charge >= 0.3 is 0 Å². The quantitative estimate of drug-likeness (QED) is 0.630. The van der Waals surface area contributed by atoms with Crippen molar-refractivity contribution in [3.63, 3.8) is 0 Å². The lowest BCUT2D eigenvalue weighted by Gasteiger charge is -2.36. The van der Waals surface area contributed by atoms with Crippen LogP contribution >= 0.6 is 11.3 Å². The molecule has 0 aliphatic carbocycles. The molecule has 0 saturated carbocycles. The van der Waals surface area contributed by atoms with Crippen molar-refractivity contribution in [2.75, 3.05) is 71.5 Å². The average molecular weight is 479 g/mol. The number of nitrogens with zero attached hydrogens (tertiary/aromatic N) is 4. The third-order valence-electron chi connectivity index (χ3n) is 5.97. The molecule has 0 unspecified atom stereocenters. The van der Waals surface area contributed by atoms with E-state index in [4.69, 9.17) is 4.74 Å². The van der Waals surface area contributed by atoms with Gasteiger partial charge in [-0.05, 0) is 40.6 Å². The van der Waals surface area contributed by atoms with Gasteiger partial charge in [-0.2, -0.15) is 11.3 Å². The number of anilines is 1. The van der Waals surface area contributed by atoms with Crippen LogP contribution in [-0.4, -0.2) is 95.0 Å². The molecule has 1 aromatic carbocycles. The first kappa shape index (κ1) is 23.2. The first-order valence-electron chi connectivity index (χ1n) is 10.8. The maximum Gasteiger partial charge on any atom is 0.256 e. The van der Waals surface area contributed by atoms with E-state index in [-0.39, 0.29) is 10.8 Å². The van der Waals surface area contributed by atoms with Gasteiger partial charge in [-0.1, -0.05) is 0 Å². The minimum atomic E-state index is -3.64. The van der Waals surface area contributed by atoms with Crippen molar-refractivity contribution in [2.24, 2.45) is 0 Å². The molecule has 8 nitrogen and oxygen atoms in total. The topological polar surface area (TPSA) is 73.4 Å². The Morgan fingerprint density at radius 2 is 1.78 bits per heavy atom. The molecule has 0 atom stereocenters. The second kappa shape index (κ2) is 9.88. The summed E-state index contributed by atoms with van der Waals surface area (Å²) in [7, 11) is -0.638. The zero-order chi connectivity index (χ0) is 22.7. The number of ether oxygens (including phenoxy) is 1. The molecular weight excluding hydrogens is 448 g/mol. The number of amides is 1. The SMILES string of the molecule is CN(C)S(=O)(=O)c1ccc(N2CCOCC2)c(C(=O)N2CCN(Cc3ccsc3)CC2)c1. The average Bonchev–Trinajstić information content (AvgIpc) is 3.32. The molecular formula is C22H30N4O4S2. The van der Waals surface area contributed by atoms with Gasteiger partial charge < -0.3 is 14.5 Å². The number of sulfonamides is 1. The Hall–Kier alpha value is -1.98. The van der Waals surface area contributed by atoms with Crippen molar-refractivity contribution >= 4 is 33.0 Å². The first-order valence-corrected chi connectivity index (χ1v) is 13.2. The third kappa shape index (κ3) is 4.99. The van der Waals surface area contributed by atoms with Gasteiger partial charge in [0, 0.05) is 65.6 Å². The van der Waals surface area contributed by atoms with Crippen LogP contribution in [0.4, 0.5) is 5.69 Å². The van der Waals surface area contributed by atoms with E-state index in [1.807, 2.05) is 4.90 Å². The molecule has 1 amide bonds. The Labute approximate surface area is 194 Å². The Kier molecular flexibility index (Phi) is 7.16. The van der Waals surface area contributed by atoms with E-state index >= 15 is 0 Å². The number of carbonyl (C=O) groups excluding carboxylic acids is 1. The number of piperazine rings is 1. The van der Waals surface area contributed by atoms with Gasteiger partial charge in [0.1, 0.15) is 0 Å². The number of thiophene rings is 1. The van der Waals surface area contributed by atoms with E-state index < -0.39 is 10.0 Å². The molecule has 0 bridgehead atoms. The maximum absolute atomic E-state index is 13.6. The van der Waals surface area contributed by atoms with Gasteiger partial charge in [0.25, 0.3) is 5.91 Å². The molecule has 0 spiro atoms. The number of hydrogen-bond donors (Lipinski definition) is 0. The molecule has 32 heavy (non-hydrogen) atoms. The summed E-state index contributed by atoms with van der Waals surface area (Å²) in [6.07, 6.45) is 0. The van der Waals surface area contributed by atoms with Crippen LogP contribution in [0.5, 0.6) is 0 Å². The fraction of sp³-hybridized carbons (Fsp3) is 0.500. The molecule has 1 aromatic heterocycles. The van der Waals surface area contributed by atoms with Crippen molar-refractivity contribution in [1.82, 2.24) is 14.1 Å². The molecule has 3 heterocycles. The van der Waals surface area contributed by atoms with Crippen LogP contribution in [0.25, 0.3) is 0 Å². The Balaban J connectivity index is 1.56. The summed E-state index contributed by atoms with van der Waals surface area (Å²) in [5, 5.41) is 4.24. The number of carbonyl (C=O) groups is 1. The lowest BCUT2D eigenvalue weighted by molar-refractivity contribution is 0.0628. The fourth-order valence-corrected chi connectivity index (χ4v) is 5.65. The zero-order valence-corrected chi connectivity index (χ0v) is 20.2. The van der Waals surface area contributed by atoms with E-state index in [0.717, 1.165) is 25.3 Å². The standard InChI is InChI=1S/C22H30N4O4S2/c1-23(2)32(28,29)19-3-4-21(25-10-12-30-13-11-25)20(15-19)22(27)26-8-6-24(7-9-26)16-18-5-14-31-17-18/h3-5,14-15,17H,6-13,16H2,1-2H3. The monoisotopic (exact) mass is 478 g/mol. The van der Waals surface area contributed by atoms with E-state index in [1.165, 1.54) is 24.0 Å². The van der Waals surface area contributed by atoms with E-state index in [0.29, 0.717) is 45.0 Å². The van der Waals surface area contributed by atoms with Crippen LogP contribution in [-0.2, 0) is 21.3 Å². The number of rotatable bonds is 6. The highest BCUT2D eigenvalue weighted by Crippen LogP contribution is 2.28. The first-order chi connectivity index (χ1) is 15.4. The third-order valence-corrected chi connectivity index (χ3v) is 8.52. The normalized spacial score (nSPS) is 18.3. The van der Waals surface area contributed by atoms with Crippen LogP contribution < -0.4 is 4.90 Å². The van der Waals surface area contributed by atoms with Crippen LogP contribution in [0.15, 0.2) is 39.9 Å². The summed E-state index contributed by atoms with van der Waals surface area (Å²) in [5.74, 6) is -0.113. The van der Waals surface area contributed by atoms with Gasteiger partial charge in [-0.15, -0.1) is 0 Å². The lowest BCUT2D eigenvalue weighted by Crippen LogP contribution is -2.48. The number of hydrogen-bond acceptors (Lipinski definition) is 7. The van der Waals surface area contributed by atoms with Gasteiger partial charge in [-0.25, -0.2) is 12.7 Å². The molecule has 2 aromatic rings. The van der Waals surface area contributed by atoms with E-state index in [1.54, 1.807) is 29.5 Å². The minimum Gasteiger partial charge on any atom is -0.378 e. The van der Waals surface area contributed by atoms with E-state index in [2.05, 4.69) is 26.6 Å². The van der Waals surface area contributed by atoms with Crippen molar-refractivity contribution < 1.29 is 17.9 Å². The molecule has 2 aliphatic rings. The van der Waals surface area contributed by atoms with Crippen LogP contribution in [0, 0.1) is 0 Å². The summed E-state index contributed by atoms with van der Waals surface area (Å²) < 4.78 is 32.1. The number of benzene rings is 1. The summed E-state index contributed by atoms with van der Waals surface area (Å²) in [4.78, 5) is 20.0. The fourth-order valence-electron chi connectivity index (χ4n) is 4.06. The summed E-state index contributed by atoms with van der Waals surface area (Å²) in [6, 6.07) is 7.03. The van der Waals surface area contributed by atoms with E-state index in [9.17, 15) is 13.2 Å². The molecule has 2 fully saturated rings. The van der Waals surface area contributed by atoms with Crippen LogP contribution in [0.3, 0.4) is 0 Å². The Morgan fingerprint density at radius 1 is 1.06 bits per heavy atom. The van der Waals surface area contributed by atoms with Crippen LogP contribution in [0.1, 0.15) is 15.9 Å². The van der Waals surface area contributed by atoms with Crippen LogP contribution in [0.2, 0.25) is 0 Å². The molecule has 0 radical (unpaired) electrons. The predicted molar refractivity (Wildman–Crippen MR) is 126 cm³/mol. The highest BCUT2D eigenvalue weighted by atomic mass is 32.2. The van der Waals surface area contributed by atoms with Gasteiger partial charge in [0.05, 0.1) is 23.7 Å².